The first kappa shape index (κ1) is 8.77. The summed E-state index contributed by atoms with van der Waals surface area (Å²) in [5, 5.41) is 8.45. The number of aryl methyl sites for hydroxylation is 2. The van der Waals surface area contributed by atoms with E-state index >= 15 is 0 Å². The fraction of sp³-hybridized carbons (Fsp3) is 0.500. The van der Waals surface area contributed by atoms with Gasteiger partial charge < -0.3 is 5.11 Å². The lowest BCUT2D eigenvalue weighted by Gasteiger charge is -1.94. The summed E-state index contributed by atoms with van der Waals surface area (Å²) in [5.74, 6) is 0.307. The van der Waals surface area contributed by atoms with Crippen LogP contribution in [0.4, 0.5) is 0 Å². The van der Waals surface area contributed by atoms with Crippen LogP contribution in [0, 0.1) is 6.92 Å². The number of hydrogen-bond donors (Lipinski definition) is 1. The van der Waals surface area contributed by atoms with Crippen molar-refractivity contribution in [1.29, 1.82) is 0 Å². The molecule has 0 spiro atoms. The number of aliphatic carboxylic acids is 1. The zero-order chi connectivity index (χ0) is 9.14. The third-order valence-electron chi connectivity index (χ3n) is 1.96. The van der Waals surface area contributed by atoms with Gasteiger partial charge in [0.15, 0.2) is 0 Å². The Hall–Kier alpha value is -1.32. The van der Waals surface area contributed by atoms with Gasteiger partial charge in [0.05, 0.1) is 13.5 Å². The van der Waals surface area contributed by atoms with E-state index < -0.39 is 5.97 Å². The predicted octanol–water partition coefficient (Wildman–Crippen LogP) is 0.0957. The molecule has 0 saturated heterocycles. The SMILES string of the molecule is Cc1n(CCC(=O)O)cc[n+]1C. The molecule has 1 heterocycles. The molecule has 0 aliphatic carbocycles. The zero-order valence-corrected chi connectivity index (χ0v) is 7.32. The fourth-order valence-electron chi connectivity index (χ4n) is 1.05. The number of rotatable bonds is 3. The number of aromatic nitrogens is 2. The Labute approximate surface area is 71.1 Å². The van der Waals surface area contributed by atoms with E-state index in [0.717, 1.165) is 5.82 Å². The van der Waals surface area contributed by atoms with Crippen molar-refractivity contribution < 1.29 is 14.5 Å². The van der Waals surface area contributed by atoms with Crippen LogP contribution < -0.4 is 4.57 Å². The number of imidazole rings is 1. The minimum atomic E-state index is -0.759. The summed E-state index contributed by atoms with van der Waals surface area (Å²) in [6.07, 6.45) is 3.98. The molecule has 0 fully saturated rings. The van der Waals surface area contributed by atoms with Gasteiger partial charge in [-0.15, -0.1) is 0 Å². The Bertz CT molecular complexity index is 291. The highest BCUT2D eigenvalue weighted by Gasteiger charge is 2.09. The summed E-state index contributed by atoms with van der Waals surface area (Å²) < 4.78 is 3.88. The monoisotopic (exact) mass is 169 g/mol. The van der Waals surface area contributed by atoms with Crippen molar-refractivity contribution in [3.05, 3.63) is 18.2 Å². The minimum Gasteiger partial charge on any atom is -0.481 e. The number of nitrogens with zero attached hydrogens (tertiary/aromatic N) is 2. The van der Waals surface area contributed by atoms with E-state index in [0.29, 0.717) is 6.54 Å². The van der Waals surface area contributed by atoms with Crippen molar-refractivity contribution in [3.63, 3.8) is 0 Å². The summed E-state index contributed by atoms with van der Waals surface area (Å²) in [4.78, 5) is 10.3. The van der Waals surface area contributed by atoms with E-state index in [2.05, 4.69) is 0 Å². The molecule has 0 radical (unpaired) electrons. The van der Waals surface area contributed by atoms with Gasteiger partial charge in [0.2, 0.25) is 0 Å². The number of carboxylic acids is 1. The highest BCUT2D eigenvalue weighted by atomic mass is 16.4. The maximum absolute atomic E-state index is 10.3. The highest BCUT2D eigenvalue weighted by Crippen LogP contribution is 1.94. The normalized spacial score (nSPS) is 10.2. The van der Waals surface area contributed by atoms with Crippen LogP contribution in [-0.2, 0) is 18.4 Å². The third-order valence-corrected chi connectivity index (χ3v) is 1.96. The smallest absolute Gasteiger partial charge is 0.307 e. The van der Waals surface area contributed by atoms with Crippen LogP contribution in [-0.4, -0.2) is 15.6 Å². The van der Waals surface area contributed by atoms with Gasteiger partial charge in [-0.25, -0.2) is 9.13 Å². The molecule has 4 heteroatoms. The fourth-order valence-corrected chi connectivity index (χ4v) is 1.05. The molecule has 66 valence electrons. The van der Waals surface area contributed by atoms with E-state index in [-0.39, 0.29) is 6.42 Å². The van der Waals surface area contributed by atoms with Crippen LogP contribution in [0.1, 0.15) is 12.2 Å². The van der Waals surface area contributed by atoms with E-state index in [9.17, 15) is 4.79 Å². The van der Waals surface area contributed by atoms with Crippen LogP contribution >= 0.6 is 0 Å². The molecule has 0 amide bonds. The van der Waals surface area contributed by atoms with E-state index in [1.54, 1.807) is 0 Å². The molecular formula is C8H13N2O2+. The lowest BCUT2D eigenvalue weighted by Crippen LogP contribution is -2.29. The summed E-state index contributed by atoms with van der Waals surface area (Å²) in [6.45, 7) is 2.50. The van der Waals surface area contributed by atoms with Crippen LogP contribution in [0.25, 0.3) is 0 Å². The van der Waals surface area contributed by atoms with Gasteiger partial charge in [0.1, 0.15) is 18.9 Å². The molecule has 0 aliphatic rings. The second-order valence-corrected chi connectivity index (χ2v) is 2.79. The van der Waals surface area contributed by atoms with Crippen molar-refractivity contribution in [1.82, 2.24) is 4.57 Å². The second kappa shape index (κ2) is 3.38. The largest absolute Gasteiger partial charge is 0.481 e. The molecule has 4 nitrogen and oxygen atoms in total. The maximum atomic E-state index is 10.3. The molecule has 0 saturated carbocycles. The quantitative estimate of drug-likeness (QED) is 0.652. The Balaban J connectivity index is 2.63. The molecular weight excluding hydrogens is 156 g/mol. The van der Waals surface area contributed by atoms with Gasteiger partial charge in [0.25, 0.3) is 5.82 Å². The first-order chi connectivity index (χ1) is 5.61. The standard InChI is InChI=1S/C8H12N2O2/c1-7-9(2)5-6-10(7)4-3-8(11)12/h5-6H,3-4H2,1-2H3/p+1. The molecule has 0 aliphatic heterocycles. The first-order valence-corrected chi connectivity index (χ1v) is 3.84. The molecule has 12 heavy (non-hydrogen) atoms. The molecule has 1 aromatic rings. The molecule has 1 rings (SSSR count). The average Bonchev–Trinajstić information content (AvgIpc) is 2.30. The van der Waals surface area contributed by atoms with Crippen LogP contribution in [0.15, 0.2) is 12.4 Å². The number of carbonyl (C=O) groups is 1. The Kier molecular flexibility index (Phi) is 2.47. The predicted molar refractivity (Wildman–Crippen MR) is 42.6 cm³/mol. The number of hydrogen-bond acceptors (Lipinski definition) is 1. The summed E-state index contributed by atoms with van der Waals surface area (Å²) >= 11 is 0. The Morgan fingerprint density at radius 3 is 2.83 bits per heavy atom. The molecule has 0 unspecified atom stereocenters. The Morgan fingerprint density at radius 2 is 2.42 bits per heavy atom. The lowest BCUT2D eigenvalue weighted by molar-refractivity contribution is -0.677. The van der Waals surface area contributed by atoms with E-state index in [1.165, 1.54) is 0 Å². The summed E-state index contributed by atoms with van der Waals surface area (Å²) in [6, 6.07) is 0. The van der Waals surface area contributed by atoms with Crippen molar-refractivity contribution in [2.45, 2.75) is 19.9 Å². The lowest BCUT2D eigenvalue weighted by atomic mass is 10.4. The summed E-state index contributed by atoms with van der Waals surface area (Å²) in [7, 11) is 1.94. The van der Waals surface area contributed by atoms with E-state index in [1.807, 2.05) is 35.5 Å². The van der Waals surface area contributed by atoms with Gasteiger partial charge in [-0.3, -0.25) is 4.79 Å². The van der Waals surface area contributed by atoms with Gasteiger partial charge >= 0.3 is 5.97 Å². The topological polar surface area (TPSA) is 46.1 Å². The van der Waals surface area contributed by atoms with Crippen molar-refractivity contribution >= 4 is 5.97 Å². The molecule has 0 aromatic carbocycles. The molecule has 1 N–H and O–H groups in total. The van der Waals surface area contributed by atoms with Crippen molar-refractivity contribution in [2.75, 3.05) is 0 Å². The summed E-state index contributed by atoms with van der Waals surface area (Å²) in [5.41, 5.74) is 0. The van der Waals surface area contributed by atoms with Crippen LogP contribution in [0.5, 0.6) is 0 Å². The van der Waals surface area contributed by atoms with Gasteiger partial charge in [-0.1, -0.05) is 0 Å². The Morgan fingerprint density at radius 1 is 1.75 bits per heavy atom. The first-order valence-electron chi connectivity index (χ1n) is 3.84. The maximum Gasteiger partial charge on any atom is 0.307 e. The van der Waals surface area contributed by atoms with Crippen LogP contribution in [0.3, 0.4) is 0 Å². The van der Waals surface area contributed by atoms with Gasteiger partial charge in [-0.2, -0.15) is 0 Å². The average molecular weight is 169 g/mol. The molecule has 1 aromatic heterocycles. The second-order valence-electron chi connectivity index (χ2n) is 2.79. The molecule has 0 atom stereocenters. The zero-order valence-electron chi connectivity index (χ0n) is 7.32. The van der Waals surface area contributed by atoms with Gasteiger partial charge in [0, 0.05) is 6.92 Å². The highest BCUT2D eigenvalue weighted by molar-refractivity contribution is 5.66. The van der Waals surface area contributed by atoms with Crippen LogP contribution in [0.2, 0.25) is 0 Å². The van der Waals surface area contributed by atoms with Gasteiger partial charge in [-0.05, 0) is 0 Å². The van der Waals surface area contributed by atoms with Crippen molar-refractivity contribution in [2.24, 2.45) is 7.05 Å². The third kappa shape index (κ3) is 1.84. The minimum absolute atomic E-state index is 0.176. The molecule has 0 bridgehead atoms. The number of carboxylic acid groups (broad SMARTS) is 1. The van der Waals surface area contributed by atoms with E-state index in [4.69, 9.17) is 5.11 Å². The van der Waals surface area contributed by atoms with Crippen molar-refractivity contribution in [3.8, 4) is 0 Å².